The van der Waals surface area contributed by atoms with Crippen molar-refractivity contribution in [2.75, 3.05) is 0 Å². The standard InChI is InChI=1S/C9H12O5/c1-9(2,3)8-13-5(4-6(10)11)7(12)14-8/h4,8H,1-3H3,(H,10,11)/b5-4-/t8-/m1/s1. The lowest BCUT2D eigenvalue weighted by Crippen LogP contribution is -2.26. The summed E-state index contributed by atoms with van der Waals surface area (Å²) in [4.78, 5) is 21.4. The molecule has 1 N–H and O–H groups in total. The van der Waals surface area contributed by atoms with Crippen LogP contribution < -0.4 is 0 Å². The van der Waals surface area contributed by atoms with Gasteiger partial charge in [-0.1, -0.05) is 20.8 Å². The van der Waals surface area contributed by atoms with Crippen LogP contribution in [0, 0.1) is 5.41 Å². The Morgan fingerprint density at radius 3 is 2.36 bits per heavy atom. The molecule has 0 aromatic carbocycles. The maximum absolute atomic E-state index is 11.1. The molecule has 1 rings (SSSR count). The van der Waals surface area contributed by atoms with E-state index in [1.165, 1.54) is 0 Å². The first kappa shape index (κ1) is 10.6. The zero-order valence-electron chi connectivity index (χ0n) is 8.23. The number of hydrogen-bond acceptors (Lipinski definition) is 4. The largest absolute Gasteiger partial charge is 0.478 e. The normalized spacial score (nSPS) is 24.6. The van der Waals surface area contributed by atoms with Gasteiger partial charge in [0.2, 0.25) is 12.0 Å². The van der Waals surface area contributed by atoms with Gasteiger partial charge in [-0.3, -0.25) is 0 Å². The van der Waals surface area contributed by atoms with Crippen molar-refractivity contribution in [3.05, 3.63) is 11.8 Å². The molecule has 0 radical (unpaired) electrons. The van der Waals surface area contributed by atoms with Gasteiger partial charge < -0.3 is 14.6 Å². The van der Waals surface area contributed by atoms with Gasteiger partial charge in [-0.05, 0) is 0 Å². The predicted octanol–water partition coefficient (Wildman–Crippen LogP) is 0.900. The molecule has 0 saturated carbocycles. The fourth-order valence-electron chi connectivity index (χ4n) is 0.901. The van der Waals surface area contributed by atoms with Gasteiger partial charge in [0, 0.05) is 5.41 Å². The first-order valence-corrected chi connectivity index (χ1v) is 4.13. The summed E-state index contributed by atoms with van der Waals surface area (Å²) in [7, 11) is 0. The number of carboxylic acids is 1. The maximum atomic E-state index is 11.1. The van der Waals surface area contributed by atoms with Crippen molar-refractivity contribution in [2.45, 2.75) is 27.1 Å². The summed E-state index contributed by atoms with van der Waals surface area (Å²) in [6.45, 7) is 5.48. The number of carbonyl (C=O) groups is 2. The second-order valence-electron chi connectivity index (χ2n) is 4.07. The molecule has 0 bridgehead atoms. The molecule has 0 aliphatic carbocycles. The molecule has 78 valence electrons. The van der Waals surface area contributed by atoms with Crippen LogP contribution in [0.2, 0.25) is 0 Å². The third-order valence-electron chi connectivity index (χ3n) is 1.61. The van der Waals surface area contributed by atoms with Gasteiger partial charge in [-0.25, -0.2) is 9.59 Å². The third kappa shape index (κ3) is 2.25. The first-order chi connectivity index (χ1) is 6.30. The molecule has 5 heteroatoms. The van der Waals surface area contributed by atoms with Crippen molar-refractivity contribution >= 4 is 11.9 Å². The second-order valence-corrected chi connectivity index (χ2v) is 4.07. The highest BCUT2D eigenvalue weighted by molar-refractivity contribution is 5.95. The lowest BCUT2D eigenvalue weighted by atomic mass is 9.96. The van der Waals surface area contributed by atoms with E-state index < -0.39 is 18.2 Å². The molecule has 0 aromatic rings. The number of carbonyl (C=O) groups excluding carboxylic acids is 1. The Morgan fingerprint density at radius 2 is 2.00 bits per heavy atom. The summed E-state index contributed by atoms with van der Waals surface area (Å²) in [6.07, 6.45) is -0.0192. The van der Waals surface area contributed by atoms with E-state index in [2.05, 4.69) is 0 Å². The topological polar surface area (TPSA) is 72.8 Å². The fourth-order valence-corrected chi connectivity index (χ4v) is 0.901. The average molecular weight is 200 g/mol. The molecule has 1 aliphatic heterocycles. The molecule has 0 unspecified atom stereocenters. The Kier molecular flexibility index (Phi) is 2.51. The van der Waals surface area contributed by atoms with Crippen LogP contribution in [0.5, 0.6) is 0 Å². The summed E-state index contributed by atoms with van der Waals surface area (Å²) in [5.74, 6) is -2.21. The smallest absolute Gasteiger partial charge is 0.377 e. The number of carboxylic acid groups (broad SMARTS) is 1. The molecule has 1 aliphatic rings. The SMILES string of the molecule is CC(C)(C)[C@H]1OC(=O)/C(=C/C(=O)O)O1. The lowest BCUT2D eigenvalue weighted by molar-refractivity contribution is -0.154. The molecule has 0 aromatic heterocycles. The van der Waals surface area contributed by atoms with Crippen LogP contribution in [0.1, 0.15) is 20.8 Å². The summed E-state index contributed by atoms with van der Waals surface area (Å²) in [6, 6.07) is 0. The number of esters is 1. The summed E-state index contributed by atoms with van der Waals surface area (Å²) in [5.41, 5.74) is -0.371. The average Bonchev–Trinajstić information content (AvgIpc) is 2.30. The molecule has 1 saturated heterocycles. The summed E-state index contributed by atoms with van der Waals surface area (Å²) < 4.78 is 9.90. The minimum atomic E-state index is -1.23. The van der Waals surface area contributed by atoms with Crippen LogP contribution >= 0.6 is 0 Å². The molecule has 0 amide bonds. The lowest BCUT2D eigenvalue weighted by Gasteiger charge is -2.23. The molecule has 14 heavy (non-hydrogen) atoms. The zero-order valence-corrected chi connectivity index (χ0v) is 8.23. The Balaban J connectivity index is 2.80. The molecule has 1 heterocycles. The quantitative estimate of drug-likeness (QED) is 0.503. The van der Waals surface area contributed by atoms with Gasteiger partial charge in [0.15, 0.2) is 0 Å². The van der Waals surface area contributed by atoms with E-state index in [-0.39, 0.29) is 11.2 Å². The van der Waals surface area contributed by atoms with E-state index in [9.17, 15) is 9.59 Å². The van der Waals surface area contributed by atoms with Crippen LogP contribution in [0.15, 0.2) is 11.8 Å². The van der Waals surface area contributed by atoms with Gasteiger partial charge in [0.05, 0.1) is 6.08 Å². The summed E-state index contributed by atoms with van der Waals surface area (Å²) in [5, 5.41) is 8.42. The molecule has 1 atom stereocenters. The molecular weight excluding hydrogens is 188 g/mol. The third-order valence-corrected chi connectivity index (χ3v) is 1.61. The maximum Gasteiger partial charge on any atom is 0.377 e. The van der Waals surface area contributed by atoms with Crippen molar-refractivity contribution in [2.24, 2.45) is 5.41 Å². The fraction of sp³-hybridized carbons (Fsp3) is 0.556. The van der Waals surface area contributed by atoms with Gasteiger partial charge in [-0.15, -0.1) is 0 Å². The summed E-state index contributed by atoms with van der Waals surface area (Å²) >= 11 is 0. The van der Waals surface area contributed by atoms with E-state index in [0.29, 0.717) is 6.08 Å². The van der Waals surface area contributed by atoms with E-state index in [4.69, 9.17) is 14.6 Å². The zero-order chi connectivity index (χ0) is 10.9. The van der Waals surface area contributed by atoms with Gasteiger partial charge in [0.25, 0.3) is 0 Å². The Labute approximate surface area is 81.3 Å². The first-order valence-electron chi connectivity index (χ1n) is 4.13. The van der Waals surface area contributed by atoms with E-state index in [1.54, 1.807) is 0 Å². The highest BCUT2D eigenvalue weighted by Gasteiger charge is 2.39. The van der Waals surface area contributed by atoms with Gasteiger partial charge in [-0.2, -0.15) is 0 Å². The van der Waals surface area contributed by atoms with Crippen LogP contribution in [-0.2, 0) is 19.1 Å². The van der Waals surface area contributed by atoms with Gasteiger partial charge >= 0.3 is 11.9 Å². The molecule has 1 fully saturated rings. The minimum Gasteiger partial charge on any atom is -0.478 e. The minimum absolute atomic E-state index is 0.252. The van der Waals surface area contributed by atoms with Crippen molar-refractivity contribution in [3.63, 3.8) is 0 Å². The Morgan fingerprint density at radius 1 is 1.43 bits per heavy atom. The Bertz CT molecular complexity index is 297. The second kappa shape index (κ2) is 3.32. The molecular formula is C9H12O5. The molecule has 5 nitrogen and oxygen atoms in total. The Hall–Kier alpha value is -1.52. The van der Waals surface area contributed by atoms with Crippen molar-refractivity contribution in [3.8, 4) is 0 Å². The number of aliphatic carboxylic acids is 1. The number of ether oxygens (including phenoxy) is 2. The van der Waals surface area contributed by atoms with Crippen LogP contribution in [-0.4, -0.2) is 23.3 Å². The highest BCUT2D eigenvalue weighted by atomic mass is 16.7. The van der Waals surface area contributed by atoms with Crippen LogP contribution in [0.4, 0.5) is 0 Å². The highest BCUT2D eigenvalue weighted by Crippen LogP contribution is 2.30. The predicted molar refractivity (Wildman–Crippen MR) is 46.1 cm³/mol. The van der Waals surface area contributed by atoms with Crippen molar-refractivity contribution < 1.29 is 24.2 Å². The molecule has 0 spiro atoms. The van der Waals surface area contributed by atoms with Crippen LogP contribution in [0.3, 0.4) is 0 Å². The van der Waals surface area contributed by atoms with E-state index in [1.807, 2.05) is 20.8 Å². The van der Waals surface area contributed by atoms with Gasteiger partial charge in [0.1, 0.15) is 0 Å². The van der Waals surface area contributed by atoms with Crippen molar-refractivity contribution in [1.29, 1.82) is 0 Å². The number of hydrogen-bond donors (Lipinski definition) is 1. The van der Waals surface area contributed by atoms with E-state index >= 15 is 0 Å². The van der Waals surface area contributed by atoms with Crippen molar-refractivity contribution in [1.82, 2.24) is 0 Å². The van der Waals surface area contributed by atoms with Crippen LogP contribution in [0.25, 0.3) is 0 Å². The number of cyclic esters (lactones) is 1. The monoisotopic (exact) mass is 200 g/mol. The van der Waals surface area contributed by atoms with E-state index in [0.717, 1.165) is 0 Å². The number of rotatable bonds is 1.